The maximum atomic E-state index is 12.2. The van der Waals surface area contributed by atoms with Crippen LogP contribution in [-0.2, 0) is 9.53 Å². The lowest BCUT2D eigenvalue weighted by Crippen LogP contribution is -2.68. The maximum absolute atomic E-state index is 12.2. The fourth-order valence-electron chi connectivity index (χ4n) is 3.61. The van der Waals surface area contributed by atoms with Crippen LogP contribution in [0.25, 0.3) is 0 Å². The van der Waals surface area contributed by atoms with Gasteiger partial charge in [0.1, 0.15) is 11.7 Å². The standard InChI is InChI=1S/C17H22N2O3/c20-16(13-4-3-5-13)19-11-17(12-19)10-14(7-9-21-17)22-15-6-1-2-8-18-15/h1-2,6,8,13-14H,3-5,7,9-12H2/t14-/m0/s1. The van der Waals surface area contributed by atoms with Crippen molar-refractivity contribution in [1.82, 2.24) is 9.88 Å². The highest BCUT2D eigenvalue weighted by Gasteiger charge is 2.51. The lowest BCUT2D eigenvalue weighted by molar-refractivity contribution is -0.197. The number of hydrogen-bond acceptors (Lipinski definition) is 4. The van der Waals surface area contributed by atoms with E-state index in [9.17, 15) is 4.79 Å². The van der Waals surface area contributed by atoms with Gasteiger partial charge in [-0.25, -0.2) is 4.98 Å². The molecule has 1 aromatic rings. The number of carbonyl (C=O) groups is 1. The minimum atomic E-state index is -0.183. The summed E-state index contributed by atoms with van der Waals surface area (Å²) in [5.41, 5.74) is -0.183. The fourth-order valence-corrected chi connectivity index (χ4v) is 3.61. The summed E-state index contributed by atoms with van der Waals surface area (Å²) in [5, 5.41) is 0. The third-order valence-electron chi connectivity index (χ3n) is 5.10. The molecule has 1 spiro atoms. The van der Waals surface area contributed by atoms with Gasteiger partial charge in [-0.3, -0.25) is 4.79 Å². The average Bonchev–Trinajstić information content (AvgIpc) is 2.44. The van der Waals surface area contributed by atoms with E-state index in [2.05, 4.69) is 4.98 Å². The second kappa shape index (κ2) is 5.54. The monoisotopic (exact) mass is 302 g/mol. The Kier molecular flexibility index (Phi) is 3.53. The van der Waals surface area contributed by atoms with Crippen molar-refractivity contribution >= 4 is 5.91 Å². The van der Waals surface area contributed by atoms with Crippen LogP contribution in [0.3, 0.4) is 0 Å². The molecule has 0 N–H and O–H groups in total. The molecule has 1 amide bonds. The normalized spacial score (nSPS) is 27.1. The first-order chi connectivity index (χ1) is 10.7. The number of pyridine rings is 1. The molecule has 22 heavy (non-hydrogen) atoms. The van der Waals surface area contributed by atoms with Crippen molar-refractivity contribution in [3.63, 3.8) is 0 Å². The Balaban J connectivity index is 1.33. The molecule has 3 aliphatic rings. The molecule has 3 heterocycles. The molecule has 0 radical (unpaired) electrons. The summed E-state index contributed by atoms with van der Waals surface area (Å²) in [6.45, 7) is 2.15. The first-order valence-corrected chi connectivity index (χ1v) is 8.25. The van der Waals surface area contributed by atoms with E-state index in [1.807, 2.05) is 23.1 Å². The summed E-state index contributed by atoms with van der Waals surface area (Å²) in [6, 6.07) is 5.70. The van der Waals surface area contributed by atoms with Crippen molar-refractivity contribution in [1.29, 1.82) is 0 Å². The fraction of sp³-hybridized carbons (Fsp3) is 0.647. The Labute approximate surface area is 130 Å². The lowest BCUT2D eigenvalue weighted by Gasteiger charge is -2.54. The Hall–Kier alpha value is -1.62. The summed E-state index contributed by atoms with van der Waals surface area (Å²) >= 11 is 0. The van der Waals surface area contributed by atoms with Gasteiger partial charge < -0.3 is 14.4 Å². The van der Waals surface area contributed by atoms with E-state index in [4.69, 9.17) is 9.47 Å². The largest absolute Gasteiger partial charge is 0.474 e. The van der Waals surface area contributed by atoms with Crippen LogP contribution >= 0.6 is 0 Å². The van der Waals surface area contributed by atoms with Gasteiger partial charge in [0.2, 0.25) is 11.8 Å². The summed E-state index contributed by atoms with van der Waals surface area (Å²) in [5.74, 6) is 1.28. The summed E-state index contributed by atoms with van der Waals surface area (Å²) < 4.78 is 12.0. The molecular weight excluding hydrogens is 280 g/mol. The van der Waals surface area contributed by atoms with Crippen LogP contribution in [0.5, 0.6) is 5.88 Å². The van der Waals surface area contributed by atoms with E-state index in [0.29, 0.717) is 18.4 Å². The molecule has 2 aliphatic heterocycles. The van der Waals surface area contributed by atoms with Gasteiger partial charge in [-0.15, -0.1) is 0 Å². The molecule has 5 nitrogen and oxygen atoms in total. The molecular formula is C17H22N2O3. The van der Waals surface area contributed by atoms with Crippen molar-refractivity contribution < 1.29 is 14.3 Å². The molecule has 3 fully saturated rings. The van der Waals surface area contributed by atoms with Gasteiger partial charge in [-0.2, -0.15) is 0 Å². The number of amides is 1. The van der Waals surface area contributed by atoms with Crippen LogP contribution in [0.15, 0.2) is 24.4 Å². The van der Waals surface area contributed by atoms with Gasteiger partial charge in [0.15, 0.2) is 0 Å². The Morgan fingerprint density at radius 2 is 2.18 bits per heavy atom. The minimum absolute atomic E-state index is 0.129. The molecule has 4 rings (SSSR count). The number of nitrogens with zero attached hydrogens (tertiary/aromatic N) is 2. The number of likely N-dealkylation sites (tertiary alicyclic amines) is 1. The Bertz CT molecular complexity index is 538. The summed E-state index contributed by atoms with van der Waals surface area (Å²) in [6.07, 6.45) is 6.93. The number of rotatable bonds is 3. The first kappa shape index (κ1) is 14.0. The number of hydrogen-bond donors (Lipinski definition) is 0. The van der Waals surface area contributed by atoms with Crippen molar-refractivity contribution in [2.75, 3.05) is 19.7 Å². The third kappa shape index (κ3) is 2.58. The van der Waals surface area contributed by atoms with Crippen molar-refractivity contribution in [2.24, 2.45) is 5.92 Å². The highest BCUT2D eigenvalue weighted by Crippen LogP contribution is 2.38. The second-order valence-corrected chi connectivity index (χ2v) is 6.75. The summed E-state index contributed by atoms with van der Waals surface area (Å²) in [7, 11) is 0. The number of carbonyl (C=O) groups excluding carboxylic acids is 1. The Morgan fingerprint density at radius 3 is 2.86 bits per heavy atom. The molecule has 5 heteroatoms. The zero-order valence-corrected chi connectivity index (χ0v) is 12.7. The smallest absolute Gasteiger partial charge is 0.225 e. The third-order valence-corrected chi connectivity index (χ3v) is 5.10. The van der Waals surface area contributed by atoms with Gasteiger partial charge in [0.25, 0.3) is 0 Å². The van der Waals surface area contributed by atoms with Crippen LogP contribution in [-0.4, -0.2) is 47.2 Å². The van der Waals surface area contributed by atoms with Gasteiger partial charge in [0.05, 0.1) is 19.7 Å². The first-order valence-electron chi connectivity index (χ1n) is 8.25. The van der Waals surface area contributed by atoms with Crippen LogP contribution < -0.4 is 4.74 Å². The van der Waals surface area contributed by atoms with E-state index in [1.54, 1.807) is 6.20 Å². The highest BCUT2D eigenvalue weighted by atomic mass is 16.5. The van der Waals surface area contributed by atoms with E-state index < -0.39 is 0 Å². The molecule has 1 aromatic heterocycles. The quantitative estimate of drug-likeness (QED) is 0.857. The topological polar surface area (TPSA) is 51.7 Å². The van der Waals surface area contributed by atoms with Gasteiger partial charge in [-0.1, -0.05) is 12.5 Å². The highest BCUT2D eigenvalue weighted by molar-refractivity contribution is 5.80. The van der Waals surface area contributed by atoms with E-state index in [-0.39, 0.29) is 17.6 Å². The number of aromatic nitrogens is 1. The summed E-state index contributed by atoms with van der Waals surface area (Å²) in [4.78, 5) is 18.4. The maximum Gasteiger partial charge on any atom is 0.225 e. The van der Waals surface area contributed by atoms with E-state index in [0.717, 1.165) is 38.8 Å². The van der Waals surface area contributed by atoms with Crippen molar-refractivity contribution in [3.8, 4) is 5.88 Å². The van der Waals surface area contributed by atoms with Crippen LogP contribution in [0.1, 0.15) is 32.1 Å². The molecule has 0 aromatic carbocycles. The molecule has 1 saturated carbocycles. The lowest BCUT2D eigenvalue weighted by atomic mass is 9.80. The zero-order chi connectivity index (χ0) is 15.0. The molecule has 1 aliphatic carbocycles. The van der Waals surface area contributed by atoms with E-state index >= 15 is 0 Å². The minimum Gasteiger partial charge on any atom is -0.474 e. The Morgan fingerprint density at radius 1 is 1.32 bits per heavy atom. The predicted molar refractivity (Wildman–Crippen MR) is 80.5 cm³/mol. The zero-order valence-electron chi connectivity index (χ0n) is 12.7. The predicted octanol–water partition coefficient (Wildman–Crippen LogP) is 2.02. The van der Waals surface area contributed by atoms with Crippen molar-refractivity contribution in [2.45, 2.75) is 43.8 Å². The average molecular weight is 302 g/mol. The SMILES string of the molecule is O=C(C1CCC1)N1CC2(C[C@@H](Oc3ccccn3)CCO2)C1. The van der Waals surface area contributed by atoms with E-state index in [1.165, 1.54) is 6.42 Å². The van der Waals surface area contributed by atoms with Crippen LogP contribution in [0.2, 0.25) is 0 Å². The van der Waals surface area contributed by atoms with Crippen molar-refractivity contribution in [3.05, 3.63) is 24.4 Å². The van der Waals surface area contributed by atoms with Gasteiger partial charge in [-0.05, 0) is 18.9 Å². The van der Waals surface area contributed by atoms with Crippen LogP contribution in [0.4, 0.5) is 0 Å². The molecule has 0 unspecified atom stereocenters. The second-order valence-electron chi connectivity index (χ2n) is 6.75. The molecule has 2 saturated heterocycles. The van der Waals surface area contributed by atoms with Crippen LogP contribution in [0, 0.1) is 5.92 Å². The molecule has 118 valence electrons. The molecule has 1 atom stereocenters. The van der Waals surface area contributed by atoms with Gasteiger partial charge in [0, 0.05) is 31.0 Å². The number of ether oxygens (including phenoxy) is 2. The van der Waals surface area contributed by atoms with Gasteiger partial charge >= 0.3 is 0 Å². The molecule has 0 bridgehead atoms.